The number of nitrogen functional groups attached to an aromatic ring is 1. The number of carboxylic acid groups (broad SMARTS) is 1. The number of H-pyrrole nitrogens is 1. The van der Waals surface area contributed by atoms with Gasteiger partial charge in [0.1, 0.15) is 0 Å². The van der Waals surface area contributed by atoms with Crippen LogP contribution in [0.25, 0.3) is 0 Å². The Kier molecular flexibility index (Phi) is 3.66. The third-order valence-electron chi connectivity index (χ3n) is 3.43. The van der Waals surface area contributed by atoms with Gasteiger partial charge in [0.2, 0.25) is 0 Å². The average Bonchev–Trinajstić information content (AvgIpc) is 2.42. The fourth-order valence-corrected chi connectivity index (χ4v) is 2.08. The van der Waals surface area contributed by atoms with E-state index in [2.05, 4.69) is 5.10 Å². The molecule has 0 bridgehead atoms. The molecule has 0 radical (unpaired) electrons. The van der Waals surface area contributed by atoms with Crippen LogP contribution in [0.1, 0.15) is 27.0 Å². The summed E-state index contributed by atoms with van der Waals surface area (Å²) in [6.45, 7) is 3.05. The highest BCUT2D eigenvalue weighted by Gasteiger charge is 2.15. The van der Waals surface area contributed by atoms with E-state index >= 15 is 0 Å². The smallest absolute Gasteiger partial charge is 0.338 e. The van der Waals surface area contributed by atoms with E-state index in [0.717, 1.165) is 4.68 Å². The predicted octanol–water partition coefficient (Wildman–Crippen LogP) is 0.482. The number of aromatic nitrogens is 2. The first-order valence-corrected chi connectivity index (χ1v) is 6.24. The molecule has 2 rings (SSSR count). The van der Waals surface area contributed by atoms with Crippen molar-refractivity contribution in [3.05, 3.63) is 61.2 Å². The number of anilines is 1. The highest BCUT2D eigenvalue weighted by Crippen LogP contribution is 2.17. The zero-order valence-electron chi connectivity index (χ0n) is 11.6. The number of aromatic carboxylic acids is 1. The van der Waals surface area contributed by atoms with Crippen molar-refractivity contribution < 1.29 is 9.90 Å². The number of carboxylic acids is 1. The summed E-state index contributed by atoms with van der Waals surface area (Å²) in [6.07, 6.45) is 0. The Bertz CT molecular complexity index is 833. The highest BCUT2D eigenvalue weighted by molar-refractivity contribution is 5.95. The van der Waals surface area contributed by atoms with Crippen LogP contribution in [0.4, 0.5) is 5.69 Å². The molecule has 0 aliphatic heterocycles. The third-order valence-corrected chi connectivity index (χ3v) is 3.43. The van der Waals surface area contributed by atoms with Crippen LogP contribution in [-0.2, 0) is 6.54 Å². The molecule has 1 aromatic carbocycles. The normalized spacial score (nSPS) is 10.6. The van der Waals surface area contributed by atoms with Gasteiger partial charge in [-0.3, -0.25) is 14.7 Å². The van der Waals surface area contributed by atoms with E-state index < -0.39 is 5.97 Å². The summed E-state index contributed by atoms with van der Waals surface area (Å²) in [5.74, 6) is -1.18. The lowest BCUT2D eigenvalue weighted by Crippen LogP contribution is -2.33. The topological polar surface area (TPSA) is 118 Å². The van der Waals surface area contributed by atoms with Crippen LogP contribution in [-0.4, -0.2) is 20.9 Å². The Morgan fingerprint density at radius 1 is 1.29 bits per heavy atom. The van der Waals surface area contributed by atoms with Gasteiger partial charge < -0.3 is 10.8 Å². The Morgan fingerprint density at radius 2 is 1.95 bits per heavy atom. The second kappa shape index (κ2) is 5.28. The quantitative estimate of drug-likeness (QED) is 0.710. The third kappa shape index (κ3) is 2.58. The highest BCUT2D eigenvalue weighted by atomic mass is 16.4. The number of carbonyl (C=O) groups is 1. The molecule has 4 N–H and O–H groups in total. The minimum absolute atomic E-state index is 0.0662. The SMILES string of the molecule is Cc1c(C)c(=O)n(Cc2cccc(N)c2C(=O)O)[nH]c1=O. The van der Waals surface area contributed by atoms with Crippen LogP contribution >= 0.6 is 0 Å². The Balaban J connectivity index is 2.60. The van der Waals surface area contributed by atoms with Crippen LogP contribution in [0.3, 0.4) is 0 Å². The van der Waals surface area contributed by atoms with Crippen LogP contribution in [0.2, 0.25) is 0 Å². The van der Waals surface area contributed by atoms with Gasteiger partial charge in [-0.15, -0.1) is 0 Å². The predicted molar refractivity (Wildman–Crippen MR) is 77.7 cm³/mol. The van der Waals surface area contributed by atoms with Crippen molar-refractivity contribution in [1.29, 1.82) is 0 Å². The summed E-state index contributed by atoms with van der Waals surface area (Å²) >= 11 is 0. The fourth-order valence-electron chi connectivity index (χ4n) is 2.08. The molecule has 110 valence electrons. The maximum absolute atomic E-state index is 12.1. The monoisotopic (exact) mass is 289 g/mol. The minimum atomic E-state index is -1.18. The maximum atomic E-state index is 12.1. The number of nitrogens with one attached hydrogen (secondary N) is 1. The number of nitrogens with zero attached hydrogens (tertiary/aromatic N) is 1. The van der Waals surface area contributed by atoms with Crippen molar-refractivity contribution in [1.82, 2.24) is 9.78 Å². The molecule has 0 atom stereocenters. The number of aromatic amines is 1. The zero-order valence-corrected chi connectivity index (χ0v) is 11.6. The second-order valence-corrected chi connectivity index (χ2v) is 4.77. The van der Waals surface area contributed by atoms with E-state index in [4.69, 9.17) is 5.73 Å². The molecule has 1 aromatic heterocycles. The van der Waals surface area contributed by atoms with Crippen molar-refractivity contribution >= 4 is 11.7 Å². The van der Waals surface area contributed by atoms with E-state index in [9.17, 15) is 19.5 Å². The lowest BCUT2D eigenvalue weighted by Gasteiger charge is -2.11. The summed E-state index contributed by atoms with van der Waals surface area (Å²) in [7, 11) is 0. The molecule has 0 aliphatic rings. The van der Waals surface area contributed by atoms with Gasteiger partial charge in [0.15, 0.2) is 0 Å². The molecule has 1 heterocycles. The van der Waals surface area contributed by atoms with E-state index in [1.165, 1.54) is 6.07 Å². The van der Waals surface area contributed by atoms with Crippen LogP contribution in [0, 0.1) is 13.8 Å². The molecule has 0 amide bonds. The molecule has 0 spiro atoms. The molecule has 21 heavy (non-hydrogen) atoms. The van der Waals surface area contributed by atoms with E-state index in [1.807, 2.05) is 0 Å². The molecular weight excluding hydrogens is 274 g/mol. The minimum Gasteiger partial charge on any atom is -0.478 e. The summed E-state index contributed by atoms with van der Waals surface area (Å²) < 4.78 is 1.09. The molecular formula is C14H15N3O4. The largest absolute Gasteiger partial charge is 0.478 e. The van der Waals surface area contributed by atoms with Crippen LogP contribution < -0.4 is 16.9 Å². The summed E-state index contributed by atoms with van der Waals surface area (Å²) in [5.41, 5.74) is 5.98. The van der Waals surface area contributed by atoms with Gasteiger partial charge in [0.05, 0.1) is 12.1 Å². The van der Waals surface area contributed by atoms with Gasteiger partial charge in [-0.05, 0) is 25.5 Å². The Morgan fingerprint density at radius 3 is 2.57 bits per heavy atom. The number of hydrogen-bond donors (Lipinski definition) is 3. The first-order valence-electron chi connectivity index (χ1n) is 6.24. The van der Waals surface area contributed by atoms with Crippen molar-refractivity contribution in [2.24, 2.45) is 0 Å². The number of nitrogens with two attached hydrogens (primary N) is 1. The van der Waals surface area contributed by atoms with E-state index in [1.54, 1.807) is 26.0 Å². The lowest BCUT2D eigenvalue weighted by atomic mass is 10.1. The maximum Gasteiger partial charge on any atom is 0.338 e. The molecule has 7 heteroatoms. The van der Waals surface area contributed by atoms with Crippen molar-refractivity contribution in [2.45, 2.75) is 20.4 Å². The molecule has 2 aromatic rings. The Labute approximate surface area is 119 Å². The average molecular weight is 289 g/mol. The van der Waals surface area contributed by atoms with E-state index in [0.29, 0.717) is 16.7 Å². The summed E-state index contributed by atoms with van der Waals surface area (Å²) in [6, 6.07) is 4.62. The number of hydrogen-bond acceptors (Lipinski definition) is 4. The molecule has 0 saturated heterocycles. The Hall–Kier alpha value is -2.83. The second-order valence-electron chi connectivity index (χ2n) is 4.77. The number of benzene rings is 1. The molecule has 0 saturated carbocycles. The lowest BCUT2D eigenvalue weighted by molar-refractivity contribution is 0.0696. The van der Waals surface area contributed by atoms with Crippen molar-refractivity contribution in [2.75, 3.05) is 5.73 Å². The summed E-state index contributed by atoms with van der Waals surface area (Å²) in [5, 5.41) is 11.6. The first kappa shape index (κ1) is 14.6. The molecule has 0 unspecified atom stereocenters. The van der Waals surface area contributed by atoms with E-state index in [-0.39, 0.29) is 28.9 Å². The molecule has 7 nitrogen and oxygen atoms in total. The van der Waals surface area contributed by atoms with Crippen LogP contribution in [0.15, 0.2) is 27.8 Å². The van der Waals surface area contributed by atoms with Gasteiger partial charge in [-0.2, -0.15) is 0 Å². The van der Waals surface area contributed by atoms with Gasteiger partial charge in [0, 0.05) is 16.8 Å². The van der Waals surface area contributed by atoms with Crippen molar-refractivity contribution in [3.8, 4) is 0 Å². The van der Waals surface area contributed by atoms with Gasteiger partial charge >= 0.3 is 5.97 Å². The first-order chi connectivity index (χ1) is 9.82. The molecule has 0 fully saturated rings. The fraction of sp³-hybridized carbons (Fsp3) is 0.214. The van der Waals surface area contributed by atoms with Gasteiger partial charge in [-0.25, -0.2) is 9.48 Å². The van der Waals surface area contributed by atoms with Gasteiger partial charge in [-0.1, -0.05) is 12.1 Å². The van der Waals surface area contributed by atoms with Crippen molar-refractivity contribution in [3.63, 3.8) is 0 Å². The van der Waals surface area contributed by atoms with Crippen LogP contribution in [0.5, 0.6) is 0 Å². The zero-order chi connectivity index (χ0) is 15.7. The number of rotatable bonds is 3. The summed E-state index contributed by atoms with van der Waals surface area (Å²) in [4.78, 5) is 35.1. The molecule has 0 aliphatic carbocycles. The standard InChI is InChI=1S/C14H15N3O4/c1-7-8(2)13(19)17(16-12(7)18)6-9-4-3-5-10(15)11(9)14(20)21/h3-5H,6,15H2,1-2H3,(H,16,18)(H,20,21). The van der Waals surface area contributed by atoms with Gasteiger partial charge in [0.25, 0.3) is 11.1 Å².